The van der Waals surface area contributed by atoms with Crippen LogP contribution in [0.15, 0.2) is 52.0 Å². The first-order valence-corrected chi connectivity index (χ1v) is 10.5. The lowest BCUT2D eigenvalue weighted by atomic mass is 10.2. The summed E-state index contributed by atoms with van der Waals surface area (Å²) in [6.07, 6.45) is 2.90. The molecule has 0 aliphatic carbocycles. The van der Waals surface area contributed by atoms with E-state index in [2.05, 4.69) is 19.6 Å². The zero-order valence-electron chi connectivity index (χ0n) is 16.2. The van der Waals surface area contributed by atoms with Crippen molar-refractivity contribution in [3.05, 3.63) is 48.3 Å². The van der Waals surface area contributed by atoms with Crippen LogP contribution in [0.5, 0.6) is 11.5 Å². The van der Waals surface area contributed by atoms with Crippen molar-refractivity contribution in [2.24, 2.45) is 10.1 Å². The van der Waals surface area contributed by atoms with Crippen molar-refractivity contribution < 1.29 is 18.5 Å². The first-order chi connectivity index (χ1) is 13.8. The fraction of sp³-hybridized carbons (Fsp3) is 0.211. The van der Waals surface area contributed by atoms with E-state index < -0.39 is 15.8 Å². The Morgan fingerprint density at radius 3 is 2.41 bits per heavy atom. The van der Waals surface area contributed by atoms with Crippen molar-refractivity contribution in [1.29, 1.82) is 0 Å². The summed E-state index contributed by atoms with van der Waals surface area (Å²) in [7, 11) is 0.282. The molecule has 0 spiro atoms. The number of hydrogen-bond acceptors (Lipinski definition) is 7. The monoisotopic (exact) mass is 415 g/mol. The largest absolute Gasteiger partial charge is 0.493 e. The number of rotatable bonds is 6. The van der Waals surface area contributed by atoms with Gasteiger partial charge in [-0.15, -0.1) is 0 Å². The van der Waals surface area contributed by atoms with E-state index in [9.17, 15) is 9.00 Å². The summed E-state index contributed by atoms with van der Waals surface area (Å²) < 4.78 is 28.3. The molecule has 1 atom stereocenters. The molecule has 0 aliphatic heterocycles. The molecular formula is C19H21N5O4S. The summed E-state index contributed by atoms with van der Waals surface area (Å²) in [4.78, 5) is 19.8. The van der Waals surface area contributed by atoms with E-state index in [1.165, 1.54) is 20.5 Å². The van der Waals surface area contributed by atoms with Gasteiger partial charge in [-0.3, -0.25) is 0 Å². The van der Waals surface area contributed by atoms with Crippen LogP contribution in [0.2, 0.25) is 0 Å². The number of primary amides is 1. The quantitative estimate of drug-likeness (QED) is 0.637. The number of methoxy groups -OCH3 is 2. The van der Waals surface area contributed by atoms with Crippen LogP contribution in [0.4, 0.5) is 10.6 Å². The summed E-state index contributed by atoms with van der Waals surface area (Å²) in [5.41, 5.74) is 6.49. The number of amides is 2. The maximum absolute atomic E-state index is 13.3. The van der Waals surface area contributed by atoms with Crippen molar-refractivity contribution in [2.45, 2.75) is 11.4 Å². The van der Waals surface area contributed by atoms with Crippen LogP contribution in [0.25, 0.3) is 10.9 Å². The number of carbonyl (C=O) groups is 1. The molecule has 9 nitrogen and oxygen atoms in total. The van der Waals surface area contributed by atoms with Gasteiger partial charge in [-0.1, -0.05) is 12.1 Å². The maximum atomic E-state index is 13.3. The lowest BCUT2D eigenvalue weighted by Crippen LogP contribution is -2.28. The molecule has 152 valence electrons. The first-order valence-electron chi connectivity index (χ1n) is 8.55. The number of nitrogens with one attached hydrogen (secondary N) is 1. The average Bonchev–Trinajstić information content (AvgIpc) is 2.71. The van der Waals surface area contributed by atoms with Gasteiger partial charge in [-0.25, -0.2) is 19.0 Å². The number of nitrogens with two attached hydrogens (primary N) is 1. The molecule has 3 aromatic rings. The number of hydrogen-bond donors (Lipinski definition) is 2. The Kier molecular flexibility index (Phi) is 5.83. The molecule has 2 amide bonds. The molecule has 0 fully saturated rings. The zero-order chi connectivity index (χ0) is 21.0. The minimum absolute atomic E-state index is 0.288. The number of benzene rings is 2. The van der Waals surface area contributed by atoms with Crippen LogP contribution in [-0.2, 0) is 16.3 Å². The second-order valence-corrected chi connectivity index (χ2v) is 8.44. The highest BCUT2D eigenvalue weighted by atomic mass is 32.2. The highest BCUT2D eigenvalue weighted by Crippen LogP contribution is 2.35. The van der Waals surface area contributed by atoms with E-state index in [1.54, 1.807) is 42.7 Å². The smallest absolute Gasteiger partial charge is 0.312 e. The third kappa shape index (κ3) is 4.54. The Hall–Kier alpha value is -3.40. The molecule has 10 heteroatoms. The number of carbonyl (C=O) groups excluding carboxylic acids is 1. The van der Waals surface area contributed by atoms with Gasteiger partial charge in [-0.05, 0) is 23.8 Å². The average molecular weight is 415 g/mol. The molecule has 0 saturated heterocycles. The van der Waals surface area contributed by atoms with Gasteiger partial charge in [0.05, 0.1) is 29.5 Å². The number of ether oxygens (including phenoxy) is 2. The molecule has 1 aromatic heterocycles. The molecule has 1 heterocycles. The van der Waals surface area contributed by atoms with Crippen LogP contribution in [0.3, 0.4) is 0 Å². The second kappa shape index (κ2) is 8.31. The van der Waals surface area contributed by atoms with Crippen LogP contribution in [0, 0.1) is 0 Å². The molecule has 0 bridgehead atoms. The van der Waals surface area contributed by atoms with Gasteiger partial charge in [0.2, 0.25) is 0 Å². The SMILES string of the molecule is COc1cc2ncnc(N=S(C)(=O)c3ccc(CNC(N)=O)cc3)c2cc1OC. The molecular weight excluding hydrogens is 394 g/mol. The number of fused-ring (bicyclic) bond motifs is 1. The molecule has 1 unspecified atom stereocenters. The van der Waals surface area contributed by atoms with Gasteiger partial charge in [0, 0.05) is 29.1 Å². The number of aromatic nitrogens is 2. The van der Waals surface area contributed by atoms with Gasteiger partial charge < -0.3 is 20.5 Å². The fourth-order valence-corrected chi connectivity index (χ4v) is 3.93. The van der Waals surface area contributed by atoms with Gasteiger partial charge >= 0.3 is 6.03 Å². The lowest BCUT2D eigenvalue weighted by Gasteiger charge is -2.10. The third-order valence-electron chi connectivity index (χ3n) is 4.21. The summed E-state index contributed by atoms with van der Waals surface area (Å²) in [5.74, 6) is 1.32. The van der Waals surface area contributed by atoms with Gasteiger partial charge in [0.25, 0.3) is 0 Å². The summed E-state index contributed by atoms with van der Waals surface area (Å²) in [5, 5.41) is 3.10. The van der Waals surface area contributed by atoms with E-state index >= 15 is 0 Å². The maximum Gasteiger partial charge on any atom is 0.312 e. The summed E-state index contributed by atoms with van der Waals surface area (Å²) in [6.45, 7) is 0.288. The standard InChI is InChI=1S/C19H21N5O4S/c1-27-16-8-14-15(9-17(16)28-2)22-11-23-18(14)24-29(3,26)13-6-4-12(5-7-13)10-21-19(20)25/h4-9,11H,10H2,1-3H3,(H3,20,21,25). The van der Waals surface area contributed by atoms with E-state index in [1.807, 2.05) is 0 Å². The van der Waals surface area contributed by atoms with Crippen LogP contribution < -0.4 is 20.5 Å². The minimum Gasteiger partial charge on any atom is -0.493 e. The van der Waals surface area contributed by atoms with Crippen molar-refractivity contribution in [3.63, 3.8) is 0 Å². The molecule has 0 aliphatic rings. The Labute approximate surface area is 168 Å². The van der Waals surface area contributed by atoms with E-state index in [4.69, 9.17) is 15.2 Å². The Morgan fingerprint density at radius 1 is 1.14 bits per heavy atom. The molecule has 3 N–H and O–H groups in total. The number of urea groups is 1. The highest BCUT2D eigenvalue weighted by molar-refractivity contribution is 7.93. The third-order valence-corrected chi connectivity index (χ3v) is 5.88. The van der Waals surface area contributed by atoms with E-state index in [0.29, 0.717) is 33.1 Å². The lowest BCUT2D eigenvalue weighted by molar-refractivity contribution is 0.248. The summed E-state index contributed by atoms with van der Waals surface area (Å²) >= 11 is 0. The molecule has 29 heavy (non-hydrogen) atoms. The molecule has 0 saturated carbocycles. The predicted octanol–water partition coefficient (Wildman–Crippen LogP) is 2.60. The van der Waals surface area contributed by atoms with Crippen LogP contribution >= 0.6 is 0 Å². The predicted molar refractivity (Wildman–Crippen MR) is 110 cm³/mol. The molecule has 2 aromatic carbocycles. The molecule has 0 radical (unpaired) electrons. The van der Waals surface area contributed by atoms with Crippen molar-refractivity contribution >= 4 is 32.5 Å². The zero-order valence-corrected chi connectivity index (χ0v) is 17.0. The van der Waals surface area contributed by atoms with Crippen LogP contribution in [-0.4, -0.2) is 40.7 Å². The fourth-order valence-electron chi connectivity index (χ4n) is 2.71. The Balaban J connectivity index is 2.03. The van der Waals surface area contributed by atoms with Crippen molar-refractivity contribution in [1.82, 2.24) is 15.3 Å². The van der Waals surface area contributed by atoms with Crippen molar-refractivity contribution in [3.8, 4) is 11.5 Å². The highest BCUT2D eigenvalue weighted by Gasteiger charge is 2.13. The van der Waals surface area contributed by atoms with E-state index in [-0.39, 0.29) is 6.54 Å². The van der Waals surface area contributed by atoms with Gasteiger partial charge in [-0.2, -0.15) is 4.36 Å². The Bertz CT molecular complexity index is 1170. The van der Waals surface area contributed by atoms with E-state index in [0.717, 1.165) is 5.56 Å². The minimum atomic E-state index is -2.79. The second-order valence-electron chi connectivity index (χ2n) is 6.18. The van der Waals surface area contributed by atoms with Crippen molar-refractivity contribution in [2.75, 3.05) is 20.5 Å². The van der Waals surface area contributed by atoms with Gasteiger partial charge in [0.1, 0.15) is 6.33 Å². The molecule has 3 rings (SSSR count). The van der Waals surface area contributed by atoms with Crippen LogP contribution in [0.1, 0.15) is 5.56 Å². The topological polar surface area (TPSA) is 129 Å². The normalized spacial score (nSPS) is 12.8. The Morgan fingerprint density at radius 2 is 1.79 bits per heavy atom. The number of nitrogens with zero attached hydrogens (tertiary/aromatic N) is 3. The summed E-state index contributed by atoms with van der Waals surface area (Å²) in [6, 6.07) is 9.75. The first kappa shape index (κ1) is 20.3. The van der Waals surface area contributed by atoms with Gasteiger partial charge in [0.15, 0.2) is 17.3 Å².